The SMILES string of the molecule is COc1ccc(NCC(F)(F)F)c(C(=O)c2ccccc2)c1. The number of hydrogen-bond donors (Lipinski definition) is 1. The highest BCUT2D eigenvalue weighted by Gasteiger charge is 2.27. The largest absolute Gasteiger partial charge is 0.497 e. The lowest BCUT2D eigenvalue weighted by atomic mass is 10.0. The number of ether oxygens (including phenoxy) is 1. The van der Waals surface area contributed by atoms with E-state index in [2.05, 4.69) is 5.32 Å². The monoisotopic (exact) mass is 309 g/mol. The predicted octanol–water partition coefficient (Wildman–Crippen LogP) is 3.90. The summed E-state index contributed by atoms with van der Waals surface area (Å²) >= 11 is 0. The van der Waals surface area contributed by atoms with Gasteiger partial charge in [0, 0.05) is 16.8 Å². The van der Waals surface area contributed by atoms with Crippen LogP contribution < -0.4 is 10.1 Å². The smallest absolute Gasteiger partial charge is 0.405 e. The molecule has 1 N–H and O–H groups in total. The van der Waals surface area contributed by atoms with Crippen LogP contribution in [-0.2, 0) is 0 Å². The minimum absolute atomic E-state index is 0.118. The molecule has 3 nitrogen and oxygen atoms in total. The van der Waals surface area contributed by atoms with E-state index in [-0.39, 0.29) is 17.0 Å². The first-order chi connectivity index (χ1) is 10.4. The number of carbonyl (C=O) groups excluding carboxylic acids is 1. The molecule has 0 amide bonds. The number of carbonyl (C=O) groups is 1. The molecule has 22 heavy (non-hydrogen) atoms. The number of hydrogen-bond acceptors (Lipinski definition) is 3. The van der Waals surface area contributed by atoms with Gasteiger partial charge in [0.05, 0.1) is 7.11 Å². The second-order valence-corrected chi connectivity index (χ2v) is 4.58. The normalized spacial score (nSPS) is 11.1. The van der Waals surface area contributed by atoms with Crippen LogP contribution in [0.2, 0.25) is 0 Å². The van der Waals surface area contributed by atoms with Crippen LogP contribution in [0.1, 0.15) is 15.9 Å². The molecule has 2 rings (SSSR count). The molecule has 2 aromatic carbocycles. The molecule has 0 heterocycles. The van der Waals surface area contributed by atoms with Gasteiger partial charge in [-0.05, 0) is 18.2 Å². The van der Waals surface area contributed by atoms with E-state index in [1.807, 2.05) is 0 Å². The van der Waals surface area contributed by atoms with Crippen LogP contribution in [0.15, 0.2) is 48.5 Å². The number of methoxy groups -OCH3 is 1. The summed E-state index contributed by atoms with van der Waals surface area (Å²) in [6.07, 6.45) is -4.37. The molecule has 0 atom stereocenters. The van der Waals surface area contributed by atoms with Crippen molar-refractivity contribution in [1.82, 2.24) is 0 Å². The Labute approximate surface area is 125 Å². The van der Waals surface area contributed by atoms with Gasteiger partial charge >= 0.3 is 6.18 Å². The Balaban J connectivity index is 2.36. The summed E-state index contributed by atoms with van der Waals surface area (Å²) in [7, 11) is 1.43. The first-order valence-electron chi connectivity index (χ1n) is 6.49. The molecule has 0 aliphatic heterocycles. The van der Waals surface area contributed by atoms with Crippen molar-refractivity contribution in [2.45, 2.75) is 6.18 Å². The van der Waals surface area contributed by atoms with E-state index in [0.29, 0.717) is 11.3 Å². The fourth-order valence-corrected chi connectivity index (χ4v) is 1.93. The average molecular weight is 309 g/mol. The molecular weight excluding hydrogens is 295 g/mol. The summed E-state index contributed by atoms with van der Waals surface area (Å²) in [6, 6.07) is 12.7. The number of anilines is 1. The molecule has 0 aromatic heterocycles. The maximum atomic E-state index is 12.5. The molecule has 0 saturated carbocycles. The third-order valence-electron chi connectivity index (χ3n) is 2.99. The molecule has 0 saturated heterocycles. The van der Waals surface area contributed by atoms with Crippen LogP contribution in [0.3, 0.4) is 0 Å². The average Bonchev–Trinajstić information content (AvgIpc) is 2.52. The lowest BCUT2D eigenvalue weighted by molar-refractivity contribution is -0.115. The number of nitrogens with one attached hydrogen (secondary N) is 1. The van der Waals surface area contributed by atoms with Crippen molar-refractivity contribution in [3.8, 4) is 5.75 Å². The Morgan fingerprint density at radius 1 is 1.14 bits per heavy atom. The Morgan fingerprint density at radius 2 is 1.82 bits per heavy atom. The van der Waals surface area contributed by atoms with Gasteiger partial charge in [0.15, 0.2) is 5.78 Å². The number of benzene rings is 2. The Hall–Kier alpha value is -2.50. The summed E-state index contributed by atoms with van der Waals surface area (Å²) in [5, 5.41) is 2.25. The third-order valence-corrected chi connectivity index (χ3v) is 2.99. The van der Waals surface area contributed by atoms with Crippen LogP contribution in [0, 0.1) is 0 Å². The molecule has 0 bridgehead atoms. The third kappa shape index (κ3) is 4.00. The van der Waals surface area contributed by atoms with Gasteiger partial charge in [-0.3, -0.25) is 4.79 Å². The highest BCUT2D eigenvalue weighted by atomic mass is 19.4. The zero-order valence-corrected chi connectivity index (χ0v) is 11.8. The van der Waals surface area contributed by atoms with E-state index in [0.717, 1.165) is 0 Å². The first-order valence-corrected chi connectivity index (χ1v) is 6.49. The van der Waals surface area contributed by atoms with Crippen molar-refractivity contribution in [3.05, 3.63) is 59.7 Å². The summed E-state index contributed by atoms with van der Waals surface area (Å²) in [5.41, 5.74) is 0.646. The molecule has 0 aliphatic carbocycles. The predicted molar refractivity (Wildman–Crippen MR) is 77.4 cm³/mol. The van der Waals surface area contributed by atoms with Gasteiger partial charge in [-0.15, -0.1) is 0 Å². The van der Waals surface area contributed by atoms with Gasteiger partial charge in [-0.2, -0.15) is 13.2 Å². The number of ketones is 1. The minimum Gasteiger partial charge on any atom is -0.497 e. The van der Waals surface area contributed by atoms with Gasteiger partial charge in [0.2, 0.25) is 0 Å². The fourth-order valence-electron chi connectivity index (χ4n) is 1.93. The van der Waals surface area contributed by atoms with Crippen molar-refractivity contribution in [3.63, 3.8) is 0 Å². The highest BCUT2D eigenvalue weighted by Crippen LogP contribution is 2.26. The fraction of sp³-hybridized carbons (Fsp3) is 0.188. The zero-order valence-electron chi connectivity index (χ0n) is 11.8. The number of alkyl halides is 3. The maximum absolute atomic E-state index is 12.5. The van der Waals surface area contributed by atoms with Crippen molar-refractivity contribution >= 4 is 11.5 Å². The molecule has 0 aliphatic rings. The number of rotatable bonds is 5. The van der Waals surface area contributed by atoms with Crippen molar-refractivity contribution in [1.29, 1.82) is 0 Å². The summed E-state index contributed by atoms with van der Waals surface area (Å²) < 4.78 is 42.2. The van der Waals surface area contributed by atoms with Crippen LogP contribution in [-0.4, -0.2) is 25.6 Å². The molecule has 116 valence electrons. The Morgan fingerprint density at radius 3 is 2.41 bits per heavy atom. The van der Waals surface area contributed by atoms with Gasteiger partial charge in [0.25, 0.3) is 0 Å². The Kier molecular flexibility index (Phi) is 4.70. The van der Waals surface area contributed by atoms with Crippen LogP contribution in [0.5, 0.6) is 5.75 Å². The molecule has 0 fully saturated rings. The van der Waals surface area contributed by atoms with Gasteiger partial charge in [-0.1, -0.05) is 30.3 Å². The van der Waals surface area contributed by atoms with E-state index in [9.17, 15) is 18.0 Å². The summed E-state index contributed by atoms with van der Waals surface area (Å²) in [5.74, 6) is 0.0287. The van der Waals surface area contributed by atoms with E-state index in [1.165, 1.54) is 25.3 Å². The molecule has 2 aromatic rings. The van der Waals surface area contributed by atoms with Crippen LogP contribution in [0.4, 0.5) is 18.9 Å². The van der Waals surface area contributed by atoms with Crippen molar-refractivity contribution in [2.75, 3.05) is 19.0 Å². The van der Waals surface area contributed by atoms with Gasteiger partial charge in [0.1, 0.15) is 12.3 Å². The second kappa shape index (κ2) is 6.51. The topological polar surface area (TPSA) is 38.3 Å². The molecular formula is C16H14F3NO2. The quantitative estimate of drug-likeness (QED) is 0.851. The molecule has 6 heteroatoms. The van der Waals surface area contributed by atoms with Crippen molar-refractivity contribution in [2.24, 2.45) is 0 Å². The number of halogens is 3. The maximum Gasteiger partial charge on any atom is 0.405 e. The molecule has 0 radical (unpaired) electrons. The van der Waals surface area contributed by atoms with E-state index in [1.54, 1.807) is 30.3 Å². The lowest BCUT2D eigenvalue weighted by Gasteiger charge is -2.14. The highest BCUT2D eigenvalue weighted by molar-refractivity contribution is 6.12. The standard InChI is InChI=1S/C16H14F3NO2/c1-22-12-7-8-14(20-10-16(17,18)19)13(9-12)15(21)11-5-3-2-4-6-11/h2-9,20H,10H2,1H3. The summed E-state index contributed by atoms with van der Waals surface area (Å²) in [4.78, 5) is 12.5. The lowest BCUT2D eigenvalue weighted by Crippen LogP contribution is -2.22. The second-order valence-electron chi connectivity index (χ2n) is 4.58. The van der Waals surface area contributed by atoms with Gasteiger partial charge < -0.3 is 10.1 Å². The summed E-state index contributed by atoms with van der Waals surface area (Å²) in [6.45, 7) is -1.21. The van der Waals surface area contributed by atoms with Gasteiger partial charge in [-0.25, -0.2) is 0 Å². The van der Waals surface area contributed by atoms with E-state index < -0.39 is 12.7 Å². The molecule has 0 unspecified atom stereocenters. The zero-order chi connectivity index (χ0) is 16.2. The van der Waals surface area contributed by atoms with Crippen LogP contribution >= 0.6 is 0 Å². The van der Waals surface area contributed by atoms with E-state index >= 15 is 0 Å². The first kappa shape index (κ1) is 15.9. The van der Waals surface area contributed by atoms with Crippen molar-refractivity contribution < 1.29 is 22.7 Å². The Bertz CT molecular complexity index is 654. The van der Waals surface area contributed by atoms with E-state index in [4.69, 9.17) is 4.74 Å². The van der Waals surface area contributed by atoms with Crippen LogP contribution in [0.25, 0.3) is 0 Å². The molecule has 0 spiro atoms. The minimum atomic E-state index is -4.37.